The fourth-order valence-corrected chi connectivity index (χ4v) is 3.13. The molecule has 0 bridgehead atoms. The third-order valence-corrected chi connectivity index (χ3v) is 4.73. The molecule has 0 saturated heterocycles. The first-order valence-electron chi connectivity index (χ1n) is 8.70. The summed E-state index contributed by atoms with van der Waals surface area (Å²) < 4.78 is 1.90. The number of benzene rings is 2. The standard InChI is InChI=1S/C21H24N4O/c1-13-10-15(3)18(11-14(13)2)16(4)23-24-21(26)12-25-17(5)22-19-8-6-7-9-20(19)25/h6-11H,12H2,1-5H3,(H,24,26)/b23-16-. The molecule has 0 radical (unpaired) electrons. The highest BCUT2D eigenvalue weighted by atomic mass is 16.2. The molecule has 1 heterocycles. The largest absolute Gasteiger partial charge is 0.319 e. The number of carbonyl (C=O) groups is 1. The lowest BCUT2D eigenvalue weighted by Gasteiger charge is -2.10. The zero-order valence-electron chi connectivity index (χ0n) is 15.9. The molecule has 1 aromatic heterocycles. The monoisotopic (exact) mass is 348 g/mol. The number of aromatic nitrogens is 2. The van der Waals surface area contributed by atoms with Gasteiger partial charge in [-0.25, -0.2) is 10.4 Å². The van der Waals surface area contributed by atoms with Crippen molar-refractivity contribution >= 4 is 22.7 Å². The van der Waals surface area contributed by atoms with Crippen molar-refractivity contribution in [1.29, 1.82) is 0 Å². The number of aryl methyl sites for hydroxylation is 4. The minimum atomic E-state index is -0.169. The number of amides is 1. The van der Waals surface area contributed by atoms with Crippen LogP contribution in [0.25, 0.3) is 11.0 Å². The molecule has 1 N–H and O–H groups in total. The van der Waals surface area contributed by atoms with Gasteiger partial charge in [0.15, 0.2) is 0 Å². The quantitative estimate of drug-likeness (QED) is 0.576. The van der Waals surface area contributed by atoms with Gasteiger partial charge in [0.1, 0.15) is 12.4 Å². The number of para-hydroxylation sites is 2. The Morgan fingerprint density at radius 1 is 1.08 bits per heavy atom. The second kappa shape index (κ2) is 7.12. The smallest absolute Gasteiger partial charge is 0.260 e. The van der Waals surface area contributed by atoms with Gasteiger partial charge in [-0.2, -0.15) is 5.10 Å². The van der Waals surface area contributed by atoms with Crippen LogP contribution < -0.4 is 5.43 Å². The van der Waals surface area contributed by atoms with E-state index >= 15 is 0 Å². The van der Waals surface area contributed by atoms with E-state index in [1.54, 1.807) is 0 Å². The lowest BCUT2D eigenvalue weighted by atomic mass is 9.98. The van der Waals surface area contributed by atoms with Crippen molar-refractivity contribution in [2.24, 2.45) is 5.10 Å². The van der Waals surface area contributed by atoms with Gasteiger partial charge in [-0.15, -0.1) is 0 Å². The molecule has 5 heteroatoms. The number of imidazole rings is 1. The van der Waals surface area contributed by atoms with E-state index in [-0.39, 0.29) is 12.5 Å². The minimum Gasteiger partial charge on any atom is -0.319 e. The van der Waals surface area contributed by atoms with Crippen LogP contribution in [0.1, 0.15) is 35.0 Å². The van der Waals surface area contributed by atoms with Crippen LogP contribution in [0.4, 0.5) is 0 Å². The van der Waals surface area contributed by atoms with E-state index in [2.05, 4.69) is 48.4 Å². The maximum absolute atomic E-state index is 12.4. The Morgan fingerprint density at radius 3 is 2.54 bits per heavy atom. The molecule has 0 fully saturated rings. The Kier molecular flexibility index (Phi) is 4.89. The maximum Gasteiger partial charge on any atom is 0.260 e. The fourth-order valence-electron chi connectivity index (χ4n) is 3.13. The molecular formula is C21H24N4O. The predicted octanol–water partition coefficient (Wildman–Crippen LogP) is 3.81. The third kappa shape index (κ3) is 3.52. The number of carbonyl (C=O) groups excluding carboxylic acids is 1. The molecule has 5 nitrogen and oxygen atoms in total. The van der Waals surface area contributed by atoms with Gasteiger partial charge in [0.2, 0.25) is 0 Å². The SMILES string of the molecule is C/C(=N/NC(=O)Cn1c(C)nc2ccccc21)c1cc(C)c(C)cc1C. The van der Waals surface area contributed by atoms with Gasteiger partial charge in [-0.1, -0.05) is 18.2 Å². The van der Waals surface area contributed by atoms with Gasteiger partial charge < -0.3 is 4.57 Å². The van der Waals surface area contributed by atoms with E-state index in [1.165, 1.54) is 11.1 Å². The molecule has 1 amide bonds. The maximum atomic E-state index is 12.4. The summed E-state index contributed by atoms with van der Waals surface area (Å²) in [5.74, 6) is 0.643. The Balaban J connectivity index is 1.77. The molecule has 3 aromatic rings. The fraction of sp³-hybridized carbons (Fsp3) is 0.286. The number of nitrogens with zero attached hydrogens (tertiary/aromatic N) is 3. The molecule has 134 valence electrons. The van der Waals surface area contributed by atoms with E-state index < -0.39 is 0 Å². The normalized spacial score (nSPS) is 11.8. The molecule has 0 aliphatic carbocycles. The molecule has 0 atom stereocenters. The van der Waals surface area contributed by atoms with Crippen molar-refractivity contribution in [3.8, 4) is 0 Å². The van der Waals surface area contributed by atoms with Gasteiger partial charge in [0.25, 0.3) is 5.91 Å². The molecular weight excluding hydrogens is 324 g/mol. The average Bonchev–Trinajstić information content (AvgIpc) is 2.91. The predicted molar refractivity (Wildman–Crippen MR) is 105 cm³/mol. The first-order chi connectivity index (χ1) is 12.4. The van der Waals surface area contributed by atoms with E-state index in [9.17, 15) is 4.79 Å². The molecule has 0 spiro atoms. The number of hydrogen-bond acceptors (Lipinski definition) is 3. The van der Waals surface area contributed by atoms with Crippen LogP contribution in [0, 0.1) is 27.7 Å². The number of fused-ring (bicyclic) bond motifs is 1. The topological polar surface area (TPSA) is 59.3 Å². The summed E-state index contributed by atoms with van der Waals surface area (Å²) >= 11 is 0. The molecule has 3 rings (SSSR count). The number of hydrogen-bond donors (Lipinski definition) is 1. The third-order valence-electron chi connectivity index (χ3n) is 4.73. The van der Waals surface area contributed by atoms with Crippen molar-refractivity contribution < 1.29 is 4.79 Å². The highest BCUT2D eigenvalue weighted by Gasteiger charge is 2.11. The molecule has 0 aliphatic heterocycles. The minimum absolute atomic E-state index is 0.169. The van der Waals surface area contributed by atoms with Crippen LogP contribution in [0.3, 0.4) is 0 Å². The van der Waals surface area contributed by atoms with Crippen LogP contribution in [0.15, 0.2) is 41.5 Å². The zero-order valence-corrected chi connectivity index (χ0v) is 15.9. The zero-order chi connectivity index (χ0) is 18.8. The lowest BCUT2D eigenvalue weighted by Crippen LogP contribution is -2.25. The van der Waals surface area contributed by atoms with Crippen LogP contribution in [-0.2, 0) is 11.3 Å². The highest BCUT2D eigenvalue weighted by Crippen LogP contribution is 2.17. The van der Waals surface area contributed by atoms with Crippen molar-refractivity contribution in [2.75, 3.05) is 0 Å². The van der Waals surface area contributed by atoms with E-state index in [0.29, 0.717) is 0 Å². The molecule has 0 saturated carbocycles. The van der Waals surface area contributed by atoms with Gasteiger partial charge in [-0.05, 0) is 69.5 Å². The second-order valence-corrected chi connectivity index (χ2v) is 6.72. The summed E-state index contributed by atoms with van der Waals surface area (Å²) in [5.41, 5.74) is 9.99. The van der Waals surface area contributed by atoms with Crippen molar-refractivity contribution in [3.63, 3.8) is 0 Å². The highest BCUT2D eigenvalue weighted by molar-refractivity contribution is 6.00. The van der Waals surface area contributed by atoms with E-state index in [1.807, 2.05) is 42.7 Å². The van der Waals surface area contributed by atoms with Crippen LogP contribution in [0.2, 0.25) is 0 Å². The van der Waals surface area contributed by atoms with Gasteiger partial charge >= 0.3 is 0 Å². The number of nitrogens with one attached hydrogen (secondary N) is 1. The Labute approximate surface area is 153 Å². The first-order valence-corrected chi connectivity index (χ1v) is 8.70. The summed E-state index contributed by atoms with van der Waals surface area (Å²) in [6, 6.07) is 12.1. The van der Waals surface area contributed by atoms with Gasteiger partial charge in [-0.3, -0.25) is 4.79 Å². The van der Waals surface area contributed by atoms with E-state index in [4.69, 9.17) is 0 Å². The van der Waals surface area contributed by atoms with Gasteiger partial charge in [0.05, 0.1) is 16.7 Å². The molecule has 26 heavy (non-hydrogen) atoms. The number of hydrazone groups is 1. The Morgan fingerprint density at radius 2 is 1.77 bits per heavy atom. The van der Waals surface area contributed by atoms with Crippen molar-refractivity contribution in [1.82, 2.24) is 15.0 Å². The van der Waals surface area contributed by atoms with Gasteiger partial charge in [0, 0.05) is 5.56 Å². The molecule has 2 aromatic carbocycles. The molecule has 0 aliphatic rings. The first kappa shape index (κ1) is 17.9. The van der Waals surface area contributed by atoms with Crippen molar-refractivity contribution in [2.45, 2.75) is 41.2 Å². The summed E-state index contributed by atoms with van der Waals surface area (Å²) in [5, 5.41) is 4.30. The Hall–Kier alpha value is -2.95. The van der Waals surface area contributed by atoms with Crippen LogP contribution in [-0.4, -0.2) is 21.2 Å². The molecule has 0 unspecified atom stereocenters. The summed E-state index contributed by atoms with van der Waals surface area (Å²) in [7, 11) is 0. The lowest BCUT2D eigenvalue weighted by molar-refractivity contribution is -0.121. The summed E-state index contributed by atoms with van der Waals surface area (Å²) in [4.78, 5) is 16.9. The van der Waals surface area contributed by atoms with Crippen LogP contribution in [0.5, 0.6) is 0 Å². The van der Waals surface area contributed by atoms with Crippen molar-refractivity contribution in [3.05, 3.63) is 64.5 Å². The summed E-state index contributed by atoms with van der Waals surface area (Å²) in [6.45, 7) is 10.2. The summed E-state index contributed by atoms with van der Waals surface area (Å²) in [6.07, 6.45) is 0. The second-order valence-electron chi connectivity index (χ2n) is 6.72. The van der Waals surface area contributed by atoms with Crippen LogP contribution >= 0.6 is 0 Å². The average molecular weight is 348 g/mol. The number of rotatable bonds is 4. The Bertz CT molecular complexity index is 1010. The van der Waals surface area contributed by atoms with E-state index in [0.717, 1.165) is 33.7 Å².